The molecule has 0 aliphatic heterocycles. The first-order valence-electron chi connectivity index (χ1n) is 7.81. The van der Waals surface area contributed by atoms with Gasteiger partial charge in [-0.25, -0.2) is 0 Å². The number of hydrogen-bond acceptors (Lipinski definition) is 1. The minimum Gasteiger partial charge on any atom is -0.316 e. The van der Waals surface area contributed by atoms with Gasteiger partial charge in [0.2, 0.25) is 0 Å². The molecule has 0 saturated heterocycles. The van der Waals surface area contributed by atoms with E-state index in [1.165, 1.54) is 19.3 Å². The first-order valence-corrected chi connectivity index (χ1v) is 8.56. The van der Waals surface area contributed by atoms with Crippen molar-refractivity contribution >= 4 is 23.2 Å². The van der Waals surface area contributed by atoms with E-state index in [0.717, 1.165) is 51.6 Å². The van der Waals surface area contributed by atoms with Gasteiger partial charge in [-0.1, -0.05) is 29.3 Å². The van der Waals surface area contributed by atoms with Crippen LogP contribution in [0.2, 0.25) is 10.0 Å². The van der Waals surface area contributed by atoms with Crippen molar-refractivity contribution < 1.29 is 0 Å². The molecule has 1 aromatic carbocycles. The number of likely N-dealkylation sites (N-methyl/N-ethyl adjacent to an activating group) is 1. The van der Waals surface area contributed by atoms with Gasteiger partial charge in [-0.3, -0.25) is 0 Å². The summed E-state index contributed by atoms with van der Waals surface area (Å²) in [5.74, 6) is 4.89. The van der Waals surface area contributed by atoms with Crippen LogP contribution < -0.4 is 5.32 Å². The summed E-state index contributed by atoms with van der Waals surface area (Å²) < 4.78 is 0. The zero-order valence-electron chi connectivity index (χ0n) is 11.8. The van der Waals surface area contributed by atoms with Crippen molar-refractivity contribution in [2.24, 2.45) is 29.6 Å². The van der Waals surface area contributed by atoms with Crippen LogP contribution in [0.5, 0.6) is 0 Å². The fourth-order valence-electron chi connectivity index (χ4n) is 5.31. The molecule has 20 heavy (non-hydrogen) atoms. The van der Waals surface area contributed by atoms with Crippen LogP contribution >= 0.6 is 23.2 Å². The predicted molar refractivity (Wildman–Crippen MR) is 84.3 cm³/mol. The molecule has 4 rings (SSSR count). The predicted octanol–water partition coefficient (Wildman–Crippen LogP) is 4.42. The van der Waals surface area contributed by atoms with Gasteiger partial charge >= 0.3 is 0 Å². The molecule has 3 aliphatic carbocycles. The lowest BCUT2D eigenvalue weighted by molar-refractivity contribution is 0.376. The van der Waals surface area contributed by atoms with E-state index < -0.39 is 0 Å². The van der Waals surface area contributed by atoms with E-state index in [4.69, 9.17) is 23.2 Å². The van der Waals surface area contributed by atoms with Gasteiger partial charge in [-0.15, -0.1) is 0 Å². The Morgan fingerprint density at radius 3 is 2.30 bits per heavy atom. The van der Waals surface area contributed by atoms with Crippen LogP contribution in [0.3, 0.4) is 0 Å². The topological polar surface area (TPSA) is 12.0 Å². The molecule has 0 spiro atoms. The highest BCUT2D eigenvalue weighted by molar-refractivity contribution is 6.36. The number of rotatable bonds is 4. The van der Waals surface area contributed by atoms with Gasteiger partial charge in [-0.05, 0) is 80.0 Å². The van der Waals surface area contributed by atoms with E-state index in [2.05, 4.69) is 12.4 Å². The maximum atomic E-state index is 6.33. The van der Waals surface area contributed by atoms with Crippen molar-refractivity contribution in [3.8, 4) is 0 Å². The monoisotopic (exact) mass is 309 g/mol. The van der Waals surface area contributed by atoms with Crippen molar-refractivity contribution in [2.45, 2.75) is 31.7 Å². The average Bonchev–Trinajstić information content (AvgIpc) is 2.87. The van der Waals surface area contributed by atoms with Gasteiger partial charge < -0.3 is 5.32 Å². The Labute approximate surface area is 131 Å². The smallest absolute Gasteiger partial charge is 0.0453 e. The Morgan fingerprint density at radius 2 is 1.75 bits per heavy atom. The summed E-state index contributed by atoms with van der Waals surface area (Å²) in [6.07, 6.45) is 5.43. The summed E-state index contributed by atoms with van der Waals surface area (Å²) >= 11 is 12.7. The van der Waals surface area contributed by atoms with Gasteiger partial charge in [0.1, 0.15) is 0 Å². The summed E-state index contributed by atoms with van der Waals surface area (Å²) in [5.41, 5.74) is 1.12. The highest BCUT2D eigenvalue weighted by Crippen LogP contribution is 2.70. The third-order valence-corrected chi connectivity index (χ3v) is 6.82. The van der Waals surface area contributed by atoms with Crippen LogP contribution in [0.25, 0.3) is 0 Å². The van der Waals surface area contributed by atoms with E-state index in [-0.39, 0.29) is 0 Å². The number of hydrogen-bond donors (Lipinski definition) is 1. The van der Waals surface area contributed by atoms with E-state index in [9.17, 15) is 0 Å². The van der Waals surface area contributed by atoms with Gasteiger partial charge in [0.15, 0.2) is 0 Å². The van der Waals surface area contributed by atoms with Gasteiger partial charge in [0.05, 0.1) is 0 Å². The lowest BCUT2D eigenvalue weighted by Gasteiger charge is -2.21. The molecule has 1 N–H and O–H groups in total. The maximum Gasteiger partial charge on any atom is 0.0453 e. The van der Waals surface area contributed by atoms with Crippen molar-refractivity contribution in [1.29, 1.82) is 0 Å². The van der Waals surface area contributed by atoms with E-state index in [1.54, 1.807) is 0 Å². The fourth-order valence-corrected chi connectivity index (χ4v) is 5.86. The molecule has 3 fully saturated rings. The molecule has 3 heteroatoms. The maximum absolute atomic E-state index is 6.33. The minimum atomic E-state index is 0.533. The second kappa shape index (κ2) is 4.90. The van der Waals surface area contributed by atoms with Crippen molar-refractivity contribution in [1.82, 2.24) is 5.32 Å². The largest absolute Gasteiger partial charge is 0.316 e. The lowest BCUT2D eigenvalue weighted by atomic mass is 9.93. The summed E-state index contributed by atoms with van der Waals surface area (Å²) in [6, 6.07) is 6.36. The number of nitrogens with one attached hydrogen (secondary N) is 1. The second-order valence-electron chi connectivity index (χ2n) is 6.86. The van der Waals surface area contributed by atoms with Crippen LogP contribution in [-0.4, -0.2) is 13.1 Å². The summed E-state index contributed by atoms with van der Waals surface area (Å²) in [7, 11) is 2.09. The van der Waals surface area contributed by atoms with E-state index in [1.807, 2.05) is 18.2 Å². The van der Waals surface area contributed by atoms with Crippen LogP contribution in [-0.2, 0) is 6.42 Å². The standard InChI is InChI=1S/C17H21Cl2N/c1-20-14(8-11-12(18)3-2-4-13(11)19)17-15-9-5-6-10(7-9)16(15)17/h2-4,9-10,14-17,20H,5-8H2,1H3. The third-order valence-electron chi connectivity index (χ3n) is 6.12. The van der Waals surface area contributed by atoms with Crippen molar-refractivity contribution in [2.75, 3.05) is 7.05 Å². The summed E-state index contributed by atoms with van der Waals surface area (Å²) in [6.45, 7) is 0. The Bertz CT molecular complexity index is 493. The Balaban J connectivity index is 1.53. The molecule has 3 saturated carbocycles. The Hall–Kier alpha value is -0.240. The van der Waals surface area contributed by atoms with Crippen LogP contribution in [0.15, 0.2) is 18.2 Å². The SMILES string of the molecule is CNC(Cc1c(Cl)cccc1Cl)C1C2C3CCC(C3)C21. The van der Waals surface area contributed by atoms with Gasteiger partial charge in [0.25, 0.3) is 0 Å². The molecule has 0 aromatic heterocycles. The molecular formula is C17H21Cl2N. The van der Waals surface area contributed by atoms with Crippen LogP contribution in [0.4, 0.5) is 0 Å². The van der Waals surface area contributed by atoms with Crippen LogP contribution in [0, 0.1) is 29.6 Å². The molecule has 1 aromatic rings. The highest BCUT2D eigenvalue weighted by Gasteiger charge is 2.66. The van der Waals surface area contributed by atoms with Crippen LogP contribution in [0.1, 0.15) is 24.8 Å². The molecule has 5 unspecified atom stereocenters. The lowest BCUT2D eigenvalue weighted by Crippen LogP contribution is -2.32. The second-order valence-corrected chi connectivity index (χ2v) is 7.68. The Kier molecular flexibility index (Phi) is 3.29. The number of benzene rings is 1. The Morgan fingerprint density at radius 1 is 1.15 bits per heavy atom. The van der Waals surface area contributed by atoms with Crippen molar-refractivity contribution in [3.63, 3.8) is 0 Å². The highest BCUT2D eigenvalue weighted by atomic mass is 35.5. The molecular weight excluding hydrogens is 289 g/mol. The zero-order valence-corrected chi connectivity index (χ0v) is 13.3. The first kappa shape index (κ1) is 13.4. The number of fused-ring (bicyclic) bond motifs is 5. The average molecular weight is 310 g/mol. The molecule has 3 aliphatic rings. The normalized spacial score (nSPS) is 38.9. The zero-order chi connectivity index (χ0) is 13.9. The summed E-state index contributed by atoms with van der Waals surface area (Å²) in [5, 5.41) is 5.17. The van der Waals surface area contributed by atoms with Crippen molar-refractivity contribution in [3.05, 3.63) is 33.8 Å². The molecule has 1 nitrogen and oxygen atoms in total. The molecule has 0 heterocycles. The van der Waals surface area contributed by atoms with Gasteiger partial charge in [-0.2, -0.15) is 0 Å². The number of halogens is 2. The quantitative estimate of drug-likeness (QED) is 0.868. The molecule has 2 bridgehead atoms. The minimum absolute atomic E-state index is 0.533. The van der Waals surface area contributed by atoms with Gasteiger partial charge in [0, 0.05) is 16.1 Å². The summed E-state index contributed by atoms with van der Waals surface area (Å²) in [4.78, 5) is 0. The fraction of sp³-hybridized carbons (Fsp3) is 0.647. The molecule has 0 radical (unpaired) electrons. The molecule has 5 atom stereocenters. The molecule has 108 valence electrons. The van der Waals surface area contributed by atoms with E-state index >= 15 is 0 Å². The molecule has 0 amide bonds. The third kappa shape index (κ3) is 1.94. The first-order chi connectivity index (χ1) is 9.70. The van der Waals surface area contributed by atoms with E-state index in [0.29, 0.717) is 6.04 Å².